The molecule has 27 heavy (non-hydrogen) atoms. The summed E-state index contributed by atoms with van der Waals surface area (Å²) in [4.78, 5) is 12.9. The van der Waals surface area contributed by atoms with Crippen LogP contribution < -0.4 is 10.1 Å². The van der Waals surface area contributed by atoms with E-state index in [2.05, 4.69) is 5.10 Å². The van der Waals surface area contributed by atoms with Gasteiger partial charge in [-0.25, -0.2) is 9.18 Å². The number of nitrogens with zero attached hydrogens (tertiary/aromatic N) is 3. The molecule has 0 aliphatic heterocycles. The number of benzene rings is 2. The quantitative estimate of drug-likeness (QED) is 0.570. The summed E-state index contributed by atoms with van der Waals surface area (Å²) in [5.74, 6) is -0.542. The van der Waals surface area contributed by atoms with E-state index in [0.29, 0.717) is 23.4 Å². The fourth-order valence-corrected chi connectivity index (χ4v) is 3.12. The number of aromatic nitrogens is 3. The predicted molar refractivity (Wildman–Crippen MR) is 99.4 cm³/mol. The summed E-state index contributed by atoms with van der Waals surface area (Å²) >= 11 is 0. The van der Waals surface area contributed by atoms with Gasteiger partial charge in [-0.05, 0) is 36.8 Å². The van der Waals surface area contributed by atoms with Gasteiger partial charge >= 0.3 is 11.2 Å². The minimum atomic E-state index is -0.378. The zero-order valence-corrected chi connectivity index (χ0v) is 14.6. The Morgan fingerprint density at radius 3 is 2.41 bits per heavy atom. The molecule has 134 valence electrons. The van der Waals surface area contributed by atoms with Crippen molar-refractivity contribution in [3.63, 3.8) is 0 Å². The lowest BCUT2D eigenvalue weighted by atomic mass is 10.1. The second-order valence-electron chi connectivity index (χ2n) is 6.13. The van der Waals surface area contributed by atoms with Gasteiger partial charge in [0.25, 0.3) is 5.88 Å². The molecular formula is C21H17FN3O2+. The van der Waals surface area contributed by atoms with Crippen molar-refractivity contribution >= 4 is 5.65 Å². The van der Waals surface area contributed by atoms with Gasteiger partial charge in [-0.3, -0.25) is 0 Å². The maximum Gasteiger partial charge on any atom is 0.370 e. The van der Waals surface area contributed by atoms with Gasteiger partial charge in [0, 0.05) is 11.6 Å². The van der Waals surface area contributed by atoms with Crippen molar-refractivity contribution < 1.29 is 14.1 Å². The van der Waals surface area contributed by atoms with E-state index in [1.165, 1.54) is 21.2 Å². The first-order valence-electron chi connectivity index (χ1n) is 8.61. The number of hydrogen-bond donors (Lipinski definition) is 1. The Kier molecular flexibility index (Phi) is 4.16. The highest BCUT2D eigenvalue weighted by atomic mass is 19.1. The average Bonchev–Trinajstić information content (AvgIpc) is 2.70. The van der Waals surface area contributed by atoms with Crippen molar-refractivity contribution in [2.45, 2.75) is 13.3 Å². The average molecular weight is 362 g/mol. The van der Waals surface area contributed by atoms with Crippen LogP contribution in [0.2, 0.25) is 0 Å². The molecule has 0 atom stereocenters. The Hall–Kier alpha value is -3.54. The highest BCUT2D eigenvalue weighted by Gasteiger charge is 2.25. The minimum absolute atomic E-state index is 0.164. The molecule has 2 aromatic heterocycles. The Labute approximate surface area is 154 Å². The summed E-state index contributed by atoms with van der Waals surface area (Å²) in [6.45, 7) is 1.79. The van der Waals surface area contributed by atoms with E-state index < -0.39 is 0 Å². The molecule has 0 saturated heterocycles. The van der Waals surface area contributed by atoms with E-state index in [4.69, 9.17) is 0 Å². The molecule has 2 heterocycles. The lowest BCUT2D eigenvalue weighted by molar-refractivity contribution is -0.581. The normalized spacial score (nSPS) is 11.0. The van der Waals surface area contributed by atoms with Crippen LogP contribution in [0.4, 0.5) is 4.39 Å². The van der Waals surface area contributed by atoms with E-state index in [9.17, 15) is 14.3 Å². The number of hydrogen-bond acceptors (Lipinski definition) is 3. The highest BCUT2D eigenvalue weighted by molar-refractivity contribution is 5.59. The Bertz CT molecular complexity index is 1190. The third kappa shape index (κ3) is 2.85. The van der Waals surface area contributed by atoms with E-state index >= 15 is 0 Å². The maximum absolute atomic E-state index is 13.3. The van der Waals surface area contributed by atoms with Crippen molar-refractivity contribution in [2.75, 3.05) is 0 Å². The van der Waals surface area contributed by atoms with Crippen molar-refractivity contribution in [3.05, 3.63) is 88.5 Å². The van der Waals surface area contributed by atoms with Crippen LogP contribution in [0.3, 0.4) is 0 Å². The van der Waals surface area contributed by atoms with Crippen LogP contribution in [0, 0.1) is 5.82 Å². The first-order chi connectivity index (χ1) is 13.1. The van der Waals surface area contributed by atoms with Gasteiger partial charge in [0.1, 0.15) is 22.8 Å². The van der Waals surface area contributed by atoms with Gasteiger partial charge in [-0.15, -0.1) is 0 Å². The zero-order valence-electron chi connectivity index (χ0n) is 14.6. The molecule has 0 amide bonds. The molecule has 0 aliphatic carbocycles. The Balaban J connectivity index is 2.06. The second-order valence-corrected chi connectivity index (χ2v) is 6.13. The first-order valence-corrected chi connectivity index (χ1v) is 8.61. The summed E-state index contributed by atoms with van der Waals surface area (Å²) in [7, 11) is 0. The molecule has 0 spiro atoms. The monoisotopic (exact) mass is 362 g/mol. The molecule has 1 N–H and O–H groups in total. The fourth-order valence-electron chi connectivity index (χ4n) is 3.12. The van der Waals surface area contributed by atoms with E-state index in [1.807, 2.05) is 30.3 Å². The Morgan fingerprint density at radius 1 is 1.04 bits per heavy atom. The van der Waals surface area contributed by atoms with Gasteiger partial charge < -0.3 is 5.11 Å². The lowest BCUT2D eigenvalue weighted by Gasteiger charge is -2.09. The van der Waals surface area contributed by atoms with Crippen LogP contribution in [0.25, 0.3) is 22.6 Å². The smallest absolute Gasteiger partial charge is 0.370 e. The van der Waals surface area contributed by atoms with E-state index in [1.54, 1.807) is 31.2 Å². The number of fused-ring (bicyclic) bond motifs is 1. The third-order valence-corrected chi connectivity index (χ3v) is 4.48. The SMILES string of the molecule is CCc1c(O)[n+](-c2ccc(F)cc2)c2ccc(-c3ccccc3)nn2c1=O. The molecule has 4 rings (SSSR count). The van der Waals surface area contributed by atoms with Crippen LogP contribution in [-0.4, -0.2) is 14.7 Å². The van der Waals surface area contributed by atoms with Crippen LogP contribution >= 0.6 is 0 Å². The fraction of sp³-hybridized carbons (Fsp3) is 0.0952. The lowest BCUT2D eigenvalue weighted by Crippen LogP contribution is -2.40. The van der Waals surface area contributed by atoms with Gasteiger partial charge in [0.05, 0.1) is 0 Å². The van der Waals surface area contributed by atoms with Crippen molar-refractivity contribution in [3.8, 4) is 22.8 Å². The summed E-state index contributed by atoms with van der Waals surface area (Å²) in [6.07, 6.45) is 0.339. The summed E-state index contributed by atoms with van der Waals surface area (Å²) < 4.78 is 16.1. The molecule has 0 aliphatic rings. The third-order valence-electron chi connectivity index (χ3n) is 4.48. The summed E-state index contributed by atoms with van der Waals surface area (Å²) in [5.41, 5.74) is 2.32. The van der Waals surface area contributed by atoms with Gasteiger partial charge in [0.15, 0.2) is 0 Å². The summed E-state index contributed by atoms with van der Waals surface area (Å²) in [5, 5.41) is 15.2. The van der Waals surface area contributed by atoms with Gasteiger partial charge in [0.2, 0.25) is 0 Å². The molecule has 0 fully saturated rings. The predicted octanol–water partition coefficient (Wildman–Crippen LogP) is 3.05. The number of aromatic hydroxyl groups is 1. The number of halogens is 1. The van der Waals surface area contributed by atoms with E-state index in [0.717, 1.165) is 5.56 Å². The van der Waals surface area contributed by atoms with Crippen molar-refractivity contribution in [1.29, 1.82) is 0 Å². The molecule has 6 heteroatoms. The topological polar surface area (TPSA) is 58.5 Å². The largest absolute Gasteiger partial charge is 0.477 e. The van der Waals surface area contributed by atoms with Gasteiger partial charge in [-0.2, -0.15) is 4.57 Å². The molecule has 4 aromatic rings. The zero-order chi connectivity index (χ0) is 19.0. The van der Waals surface area contributed by atoms with Crippen LogP contribution in [0.15, 0.2) is 71.5 Å². The van der Waals surface area contributed by atoms with Crippen molar-refractivity contribution in [2.24, 2.45) is 0 Å². The van der Waals surface area contributed by atoms with E-state index in [-0.39, 0.29) is 22.8 Å². The molecule has 0 bridgehead atoms. The van der Waals surface area contributed by atoms with Crippen LogP contribution in [-0.2, 0) is 6.42 Å². The minimum Gasteiger partial charge on any atom is -0.477 e. The molecule has 0 unspecified atom stereocenters. The summed E-state index contributed by atoms with van der Waals surface area (Å²) in [6, 6.07) is 18.7. The standard InChI is InChI=1S/C21H16FN3O2/c1-2-17-20(26)24(16-10-8-15(22)9-11-16)19-13-12-18(23-25(19)21(17)27)14-6-4-3-5-7-14/h3-13H,2H2,1H3/p+1. The maximum atomic E-state index is 13.3. The molecule has 5 nitrogen and oxygen atoms in total. The number of rotatable bonds is 3. The Morgan fingerprint density at radius 2 is 1.74 bits per heavy atom. The van der Waals surface area contributed by atoms with Crippen molar-refractivity contribution in [1.82, 2.24) is 9.61 Å². The molecular weight excluding hydrogens is 345 g/mol. The van der Waals surface area contributed by atoms with Crippen LogP contribution in [0.1, 0.15) is 12.5 Å². The molecule has 0 saturated carbocycles. The molecule has 0 radical (unpaired) electrons. The molecule has 2 aromatic carbocycles. The van der Waals surface area contributed by atoms with Crippen LogP contribution in [0.5, 0.6) is 5.88 Å². The highest BCUT2D eigenvalue weighted by Crippen LogP contribution is 2.18. The van der Waals surface area contributed by atoms with Gasteiger partial charge in [-0.1, -0.05) is 46.9 Å². The second kappa shape index (κ2) is 6.64. The first kappa shape index (κ1) is 16.9.